The van der Waals surface area contributed by atoms with Crippen molar-refractivity contribution in [2.45, 2.75) is 51.2 Å². The number of nitrogens with one attached hydrogen (secondary N) is 1. The minimum atomic E-state index is -0.540. The van der Waals surface area contributed by atoms with Gasteiger partial charge >= 0.3 is 11.9 Å². The summed E-state index contributed by atoms with van der Waals surface area (Å²) in [7, 11) is 2.68. The van der Waals surface area contributed by atoms with Crippen molar-refractivity contribution in [2.75, 3.05) is 20.8 Å². The minimum Gasteiger partial charge on any atom is -0.493 e. The van der Waals surface area contributed by atoms with Crippen molar-refractivity contribution in [1.29, 1.82) is 0 Å². The fraction of sp³-hybridized carbons (Fsp3) is 0.293. The number of rotatable bonds is 14. The molecule has 0 spiro atoms. The largest absolute Gasteiger partial charge is 0.493 e. The van der Waals surface area contributed by atoms with Crippen LogP contribution in [0.2, 0.25) is 0 Å². The van der Waals surface area contributed by atoms with Crippen LogP contribution in [0.25, 0.3) is 12.2 Å². The Morgan fingerprint density at radius 1 is 0.776 bits per heavy atom. The van der Waals surface area contributed by atoms with Gasteiger partial charge in [0.25, 0.3) is 5.91 Å². The van der Waals surface area contributed by atoms with Crippen LogP contribution in [0, 0.1) is 5.92 Å². The van der Waals surface area contributed by atoms with E-state index in [1.165, 1.54) is 25.8 Å². The number of methoxy groups -OCH3 is 2. The molecular weight excluding hydrogens is 618 g/mol. The van der Waals surface area contributed by atoms with Crippen molar-refractivity contribution in [1.82, 2.24) is 5.32 Å². The highest BCUT2D eigenvalue weighted by molar-refractivity contribution is 6.00. The topological polar surface area (TPSA) is 100 Å². The summed E-state index contributed by atoms with van der Waals surface area (Å²) in [6, 6.07) is 31.1. The molecule has 0 saturated heterocycles. The normalized spacial score (nSPS) is 15.7. The molecule has 2 atom stereocenters. The molecule has 8 nitrogen and oxygen atoms in total. The Morgan fingerprint density at radius 2 is 1.49 bits per heavy atom. The van der Waals surface area contributed by atoms with Gasteiger partial charge in [0.2, 0.25) is 0 Å². The third-order valence-corrected chi connectivity index (χ3v) is 8.63. The van der Waals surface area contributed by atoms with Crippen molar-refractivity contribution in [2.24, 2.45) is 5.92 Å². The number of hydrogen-bond acceptors (Lipinski definition) is 7. The van der Waals surface area contributed by atoms with Crippen molar-refractivity contribution in [3.8, 4) is 11.5 Å². The van der Waals surface area contributed by atoms with Crippen LogP contribution in [0.15, 0.2) is 97.1 Å². The maximum absolute atomic E-state index is 13.4. The van der Waals surface area contributed by atoms with Crippen LogP contribution in [0.1, 0.15) is 75.1 Å². The van der Waals surface area contributed by atoms with Gasteiger partial charge in [0.1, 0.15) is 18.1 Å². The lowest BCUT2D eigenvalue weighted by atomic mass is 9.85. The zero-order valence-corrected chi connectivity index (χ0v) is 28.1. The Kier molecular flexibility index (Phi) is 12.6. The molecule has 2 unspecified atom stereocenters. The van der Waals surface area contributed by atoms with Crippen LogP contribution in [-0.2, 0) is 27.3 Å². The maximum atomic E-state index is 13.4. The molecule has 4 aromatic rings. The number of amides is 1. The summed E-state index contributed by atoms with van der Waals surface area (Å²) in [5.41, 5.74) is 5.04. The van der Waals surface area contributed by atoms with Gasteiger partial charge in [-0.1, -0.05) is 85.3 Å². The van der Waals surface area contributed by atoms with E-state index in [4.69, 9.17) is 18.9 Å². The number of benzene rings is 4. The van der Waals surface area contributed by atoms with Crippen LogP contribution in [0.4, 0.5) is 0 Å². The van der Waals surface area contributed by atoms with Gasteiger partial charge in [-0.05, 0) is 84.7 Å². The lowest BCUT2D eigenvalue weighted by Gasteiger charge is -2.28. The van der Waals surface area contributed by atoms with E-state index >= 15 is 0 Å². The number of carbonyl (C=O) groups excluding carboxylic acids is 3. The highest BCUT2D eigenvalue weighted by atomic mass is 16.5. The Morgan fingerprint density at radius 3 is 2.20 bits per heavy atom. The number of aryl methyl sites for hydroxylation is 1. The smallest absolute Gasteiger partial charge is 0.337 e. The Bertz CT molecular complexity index is 1720. The third-order valence-electron chi connectivity index (χ3n) is 8.63. The van der Waals surface area contributed by atoms with E-state index in [1.807, 2.05) is 42.5 Å². The molecule has 1 aliphatic carbocycles. The fourth-order valence-electron chi connectivity index (χ4n) is 5.90. The summed E-state index contributed by atoms with van der Waals surface area (Å²) in [6.45, 7) is 0.855. The highest BCUT2D eigenvalue weighted by Crippen LogP contribution is 2.27. The Hall–Kier alpha value is -5.37. The summed E-state index contributed by atoms with van der Waals surface area (Å²) in [5.74, 6) is -0.219. The van der Waals surface area contributed by atoms with Crippen molar-refractivity contribution in [3.05, 3.63) is 130 Å². The molecule has 0 heterocycles. The summed E-state index contributed by atoms with van der Waals surface area (Å²) in [5, 5.41) is 3.03. The van der Waals surface area contributed by atoms with E-state index in [2.05, 4.69) is 53.9 Å². The van der Waals surface area contributed by atoms with Crippen LogP contribution in [0.5, 0.6) is 11.5 Å². The second kappa shape index (κ2) is 17.7. The summed E-state index contributed by atoms with van der Waals surface area (Å²) in [6.07, 6.45) is 8.51. The van der Waals surface area contributed by atoms with Gasteiger partial charge in [-0.3, -0.25) is 9.59 Å². The standard InChI is InChI=1S/C41H43NO7/c1-46-40(44)33-11-6-12-35(26-33)42-39(43)37-27-34(41(45)47-2)21-24-38(37)48-25-7-10-30-19-22-36(23-20-30)49-28-32-17-15-31(16-18-32)14-13-29-8-4-3-5-9-29/h3-5,8-9,13-24,27,33,35H,6-7,10-12,25-26,28H2,1-2H3,(H,42,43)/b14-13+. The van der Waals surface area contributed by atoms with Crippen LogP contribution >= 0.6 is 0 Å². The molecule has 254 valence electrons. The van der Waals surface area contributed by atoms with E-state index in [1.54, 1.807) is 12.1 Å². The fourth-order valence-corrected chi connectivity index (χ4v) is 5.90. The molecular formula is C41H43NO7. The molecule has 0 radical (unpaired) electrons. The van der Waals surface area contributed by atoms with Gasteiger partial charge in [-0.25, -0.2) is 4.79 Å². The molecule has 8 heteroatoms. The van der Waals surface area contributed by atoms with E-state index < -0.39 is 5.97 Å². The number of hydrogen-bond donors (Lipinski definition) is 1. The van der Waals surface area contributed by atoms with Crippen molar-refractivity contribution < 1.29 is 33.3 Å². The summed E-state index contributed by atoms with van der Waals surface area (Å²) in [4.78, 5) is 37.7. The van der Waals surface area contributed by atoms with Crippen LogP contribution < -0.4 is 14.8 Å². The molecule has 5 rings (SSSR count). The number of ether oxygens (including phenoxy) is 4. The van der Waals surface area contributed by atoms with Gasteiger partial charge < -0.3 is 24.3 Å². The monoisotopic (exact) mass is 661 g/mol. The molecule has 4 aromatic carbocycles. The van der Waals surface area contributed by atoms with Crippen LogP contribution in [0.3, 0.4) is 0 Å². The van der Waals surface area contributed by atoms with Gasteiger partial charge in [0.05, 0.1) is 37.9 Å². The van der Waals surface area contributed by atoms with Gasteiger partial charge in [-0.2, -0.15) is 0 Å². The lowest BCUT2D eigenvalue weighted by molar-refractivity contribution is -0.146. The SMILES string of the molecule is COC(=O)c1ccc(OCCCc2ccc(OCc3ccc(/C=C/c4ccccc4)cc3)cc2)c(C(=O)NC2CCCC(C(=O)OC)C2)c1. The summed E-state index contributed by atoms with van der Waals surface area (Å²) < 4.78 is 21.8. The van der Waals surface area contributed by atoms with Crippen molar-refractivity contribution in [3.63, 3.8) is 0 Å². The molecule has 1 saturated carbocycles. The van der Waals surface area contributed by atoms with E-state index in [0.717, 1.165) is 48.1 Å². The first kappa shape index (κ1) is 35.0. The third kappa shape index (κ3) is 10.3. The molecule has 1 fully saturated rings. The molecule has 1 N–H and O–H groups in total. The minimum absolute atomic E-state index is 0.180. The Balaban J connectivity index is 1.10. The second-order valence-electron chi connectivity index (χ2n) is 12.1. The zero-order valence-electron chi connectivity index (χ0n) is 28.1. The average molecular weight is 662 g/mol. The first-order valence-electron chi connectivity index (χ1n) is 16.7. The molecule has 0 bridgehead atoms. The van der Waals surface area contributed by atoms with Gasteiger partial charge in [-0.15, -0.1) is 0 Å². The number of esters is 2. The molecule has 0 aromatic heterocycles. The predicted molar refractivity (Wildman–Crippen MR) is 189 cm³/mol. The Labute approximate surface area is 288 Å². The first-order chi connectivity index (χ1) is 23.9. The molecule has 1 amide bonds. The van der Waals surface area contributed by atoms with Gasteiger partial charge in [0, 0.05) is 6.04 Å². The van der Waals surface area contributed by atoms with Crippen LogP contribution in [-0.4, -0.2) is 44.7 Å². The molecule has 49 heavy (non-hydrogen) atoms. The average Bonchev–Trinajstić information content (AvgIpc) is 3.15. The van der Waals surface area contributed by atoms with Crippen molar-refractivity contribution >= 4 is 30.0 Å². The molecule has 0 aliphatic heterocycles. The summed E-state index contributed by atoms with van der Waals surface area (Å²) >= 11 is 0. The second-order valence-corrected chi connectivity index (χ2v) is 12.1. The highest BCUT2D eigenvalue weighted by Gasteiger charge is 2.29. The quantitative estimate of drug-likeness (QED) is 0.0840. The maximum Gasteiger partial charge on any atom is 0.337 e. The van der Waals surface area contributed by atoms with E-state index in [9.17, 15) is 14.4 Å². The first-order valence-corrected chi connectivity index (χ1v) is 16.7. The van der Waals surface area contributed by atoms with E-state index in [-0.39, 0.29) is 35.0 Å². The molecule has 1 aliphatic rings. The van der Waals surface area contributed by atoms with E-state index in [0.29, 0.717) is 31.8 Å². The lowest BCUT2D eigenvalue weighted by Crippen LogP contribution is -2.40. The van der Waals surface area contributed by atoms with Gasteiger partial charge in [0.15, 0.2) is 0 Å². The number of carbonyl (C=O) groups is 3. The predicted octanol–water partition coefficient (Wildman–Crippen LogP) is 7.70. The zero-order chi connectivity index (χ0) is 34.4.